The molecule has 0 radical (unpaired) electrons. The number of methoxy groups -OCH3 is 1. The number of hydrogen-bond donors (Lipinski definition) is 1. The lowest BCUT2D eigenvalue weighted by Crippen LogP contribution is -2.76. The number of anilines is 1. The van der Waals surface area contributed by atoms with Crippen molar-refractivity contribution in [3.8, 4) is 23.2 Å². The highest BCUT2D eigenvalue weighted by molar-refractivity contribution is 5.70. The molecule has 0 aromatic carbocycles. The number of aromatic nitrogens is 5. The van der Waals surface area contributed by atoms with E-state index >= 15 is 0 Å². The molecular weight excluding hydrogens is 416 g/mol. The summed E-state index contributed by atoms with van der Waals surface area (Å²) in [6.45, 7) is 1.76. The Morgan fingerprint density at radius 2 is 2.15 bits per heavy atom. The van der Waals surface area contributed by atoms with Crippen LogP contribution in [0.2, 0.25) is 0 Å². The molecule has 0 saturated carbocycles. The quantitative estimate of drug-likeness (QED) is 0.506. The van der Waals surface area contributed by atoms with Crippen LogP contribution in [0.1, 0.15) is 17.5 Å². The summed E-state index contributed by atoms with van der Waals surface area (Å²) in [5, 5.41) is 17.3. The van der Waals surface area contributed by atoms with Crippen LogP contribution in [-0.2, 0) is 6.42 Å². The Labute approximate surface area is 190 Å². The van der Waals surface area contributed by atoms with Crippen LogP contribution in [0.25, 0.3) is 16.8 Å². The van der Waals surface area contributed by atoms with Gasteiger partial charge in [0.25, 0.3) is 0 Å². The van der Waals surface area contributed by atoms with E-state index in [1.165, 1.54) is 5.56 Å². The molecule has 164 valence electrons. The van der Waals surface area contributed by atoms with Gasteiger partial charge in [0.05, 0.1) is 42.5 Å². The molecule has 3 fully saturated rings. The molecule has 3 aliphatic heterocycles. The van der Waals surface area contributed by atoms with E-state index in [4.69, 9.17) is 9.72 Å². The number of nitrogens with one attached hydrogen (secondary N) is 1. The highest BCUT2D eigenvalue weighted by Crippen LogP contribution is 2.36. The van der Waals surface area contributed by atoms with E-state index in [0.717, 1.165) is 48.5 Å². The summed E-state index contributed by atoms with van der Waals surface area (Å²) in [6.07, 6.45) is 10.9. The molecule has 0 amide bonds. The second-order valence-electron chi connectivity index (χ2n) is 8.77. The van der Waals surface area contributed by atoms with Crippen LogP contribution in [0.3, 0.4) is 0 Å². The normalized spacial score (nSPS) is 21.5. The van der Waals surface area contributed by atoms with Gasteiger partial charge in [0.15, 0.2) is 0 Å². The molecule has 2 atom stereocenters. The fraction of sp³-hybridized carbons (Fsp3) is 0.292. The van der Waals surface area contributed by atoms with E-state index < -0.39 is 0 Å². The molecule has 1 N–H and O–H groups in total. The fourth-order valence-corrected chi connectivity index (χ4v) is 5.05. The highest BCUT2D eigenvalue weighted by Gasteiger charge is 2.49. The summed E-state index contributed by atoms with van der Waals surface area (Å²) < 4.78 is 6.87. The minimum absolute atomic E-state index is 0.00900. The number of fused-ring (bicyclic) bond motifs is 3. The minimum Gasteiger partial charge on any atom is -0.481 e. The summed E-state index contributed by atoms with van der Waals surface area (Å²) in [5.41, 5.74) is 4.19. The SMILES string of the molecule is COc1ccc(CC23CC(CN(c4cncc(-c5ccn6ncc(C#N)c6c5)n4)C2)N3)cn1. The van der Waals surface area contributed by atoms with Gasteiger partial charge in [-0.05, 0) is 30.5 Å². The molecule has 9 nitrogen and oxygen atoms in total. The molecule has 3 aliphatic rings. The van der Waals surface area contributed by atoms with Gasteiger partial charge in [0, 0.05) is 48.7 Å². The van der Waals surface area contributed by atoms with E-state index in [1.54, 1.807) is 24.0 Å². The molecule has 4 aromatic rings. The van der Waals surface area contributed by atoms with Gasteiger partial charge in [0.1, 0.15) is 11.9 Å². The van der Waals surface area contributed by atoms with Gasteiger partial charge in [-0.15, -0.1) is 0 Å². The monoisotopic (exact) mass is 438 g/mol. The molecule has 9 heteroatoms. The van der Waals surface area contributed by atoms with Gasteiger partial charge >= 0.3 is 0 Å². The van der Waals surface area contributed by atoms with Crippen LogP contribution >= 0.6 is 0 Å². The number of nitrogens with zero attached hydrogens (tertiary/aromatic N) is 7. The van der Waals surface area contributed by atoms with Crippen molar-refractivity contribution in [2.24, 2.45) is 0 Å². The molecule has 2 unspecified atom stereocenters. The second-order valence-corrected chi connectivity index (χ2v) is 8.77. The first-order valence-corrected chi connectivity index (χ1v) is 10.9. The predicted octanol–water partition coefficient (Wildman–Crippen LogP) is 2.23. The summed E-state index contributed by atoms with van der Waals surface area (Å²) in [6, 6.07) is 10.5. The Morgan fingerprint density at radius 3 is 2.94 bits per heavy atom. The van der Waals surface area contributed by atoms with Gasteiger partial charge in [-0.3, -0.25) is 4.98 Å². The Kier molecular flexibility index (Phi) is 4.48. The third-order valence-corrected chi connectivity index (χ3v) is 6.51. The number of piperazine rings is 1. The van der Waals surface area contributed by atoms with Crippen molar-refractivity contribution in [2.45, 2.75) is 24.4 Å². The first-order valence-electron chi connectivity index (χ1n) is 10.9. The zero-order chi connectivity index (χ0) is 22.4. The van der Waals surface area contributed by atoms with Crippen molar-refractivity contribution in [1.29, 1.82) is 5.26 Å². The molecule has 4 aromatic heterocycles. The van der Waals surface area contributed by atoms with Gasteiger partial charge in [-0.2, -0.15) is 10.4 Å². The Hall–Kier alpha value is -4.03. The highest BCUT2D eigenvalue weighted by atomic mass is 16.5. The lowest BCUT2D eigenvalue weighted by molar-refractivity contribution is 0.107. The van der Waals surface area contributed by atoms with Crippen LogP contribution in [0, 0.1) is 11.3 Å². The fourth-order valence-electron chi connectivity index (χ4n) is 5.05. The summed E-state index contributed by atoms with van der Waals surface area (Å²) in [4.78, 5) is 16.1. The van der Waals surface area contributed by atoms with Crippen molar-refractivity contribution in [3.05, 3.63) is 66.4 Å². The molecule has 33 heavy (non-hydrogen) atoms. The van der Waals surface area contributed by atoms with Crippen molar-refractivity contribution in [2.75, 3.05) is 25.1 Å². The van der Waals surface area contributed by atoms with E-state index in [9.17, 15) is 5.26 Å². The van der Waals surface area contributed by atoms with Crippen LogP contribution in [0.15, 0.2) is 55.2 Å². The number of pyridine rings is 2. The van der Waals surface area contributed by atoms with Crippen molar-refractivity contribution in [3.63, 3.8) is 0 Å². The number of hydrogen-bond acceptors (Lipinski definition) is 8. The van der Waals surface area contributed by atoms with E-state index in [0.29, 0.717) is 17.5 Å². The van der Waals surface area contributed by atoms with Crippen LogP contribution in [0.4, 0.5) is 5.82 Å². The molecule has 7 heterocycles. The maximum absolute atomic E-state index is 9.33. The third-order valence-electron chi connectivity index (χ3n) is 6.51. The first-order chi connectivity index (χ1) is 16.1. The van der Waals surface area contributed by atoms with Gasteiger partial charge < -0.3 is 15.0 Å². The minimum atomic E-state index is 0.00900. The van der Waals surface area contributed by atoms with Gasteiger partial charge in [-0.25, -0.2) is 14.5 Å². The van der Waals surface area contributed by atoms with Crippen molar-refractivity contribution >= 4 is 11.3 Å². The topological polar surface area (TPSA) is 104 Å². The lowest BCUT2D eigenvalue weighted by Gasteiger charge is -2.58. The molecular formula is C24H22N8O. The van der Waals surface area contributed by atoms with E-state index in [1.807, 2.05) is 36.8 Å². The van der Waals surface area contributed by atoms with Crippen molar-refractivity contribution < 1.29 is 4.74 Å². The molecule has 2 bridgehead atoms. The summed E-state index contributed by atoms with van der Waals surface area (Å²) >= 11 is 0. The second kappa shape index (κ2) is 7.53. The standard InChI is InChI=1S/C24H22N8O/c1-33-23-3-2-16(10-27-23)7-24-8-19(30-24)14-31(15-24)22-13-26-12-20(29-22)17-4-5-32-21(6-17)18(9-25)11-28-32/h2-6,10-13,19,30H,7-8,14-15H2,1H3. The molecule has 7 rings (SSSR count). The summed E-state index contributed by atoms with van der Waals surface area (Å²) in [5.74, 6) is 1.49. The maximum atomic E-state index is 9.33. The third kappa shape index (κ3) is 3.45. The van der Waals surface area contributed by atoms with Gasteiger partial charge in [0.2, 0.25) is 5.88 Å². The van der Waals surface area contributed by atoms with Gasteiger partial charge in [-0.1, -0.05) is 6.07 Å². The zero-order valence-electron chi connectivity index (χ0n) is 18.1. The molecule has 0 spiro atoms. The molecule has 0 aliphatic carbocycles. The van der Waals surface area contributed by atoms with Crippen LogP contribution < -0.4 is 15.0 Å². The number of rotatable bonds is 5. The van der Waals surface area contributed by atoms with Crippen LogP contribution in [0.5, 0.6) is 5.88 Å². The smallest absolute Gasteiger partial charge is 0.212 e. The Bertz CT molecular complexity index is 1370. The average molecular weight is 438 g/mol. The predicted molar refractivity (Wildman–Crippen MR) is 122 cm³/mol. The number of ether oxygens (including phenoxy) is 1. The zero-order valence-corrected chi connectivity index (χ0v) is 18.1. The Morgan fingerprint density at radius 1 is 1.24 bits per heavy atom. The Balaban J connectivity index is 1.25. The average Bonchev–Trinajstić information content (AvgIpc) is 3.26. The van der Waals surface area contributed by atoms with E-state index in [-0.39, 0.29) is 5.54 Å². The molecule has 3 saturated heterocycles. The number of piperidine rings is 1. The lowest BCUT2D eigenvalue weighted by atomic mass is 9.73. The van der Waals surface area contributed by atoms with E-state index in [2.05, 4.69) is 37.4 Å². The van der Waals surface area contributed by atoms with Crippen molar-refractivity contribution in [1.82, 2.24) is 29.9 Å². The maximum Gasteiger partial charge on any atom is 0.212 e. The summed E-state index contributed by atoms with van der Waals surface area (Å²) in [7, 11) is 1.63. The largest absolute Gasteiger partial charge is 0.481 e. The number of nitriles is 1. The van der Waals surface area contributed by atoms with Crippen LogP contribution in [-0.4, -0.2) is 56.3 Å². The first kappa shape index (κ1) is 19.6.